The van der Waals surface area contributed by atoms with E-state index >= 15 is 0 Å². The molecule has 0 aliphatic rings. The third kappa shape index (κ3) is 5.51. The summed E-state index contributed by atoms with van der Waals surface area (Å²) in [6.07, 6.45) is 1.42. The van der Waals surface area contributed by atoms with Crippen LogP contribution < -0.4 is 5.43 Å². The fourth-order valence-electron chi connectivity index (χ4n) is 2.46. The van der Waals surface area contributed by atoms with E-state index in [-0.39, 0.29) is 11.7 Å². The maximum Gasteiger partial charge on any atom is 0.250 e. The fourth-order valence-corrected chi connectivity index (χ4v) is 3.87. The number of thioether (sulfide) groups is 1. The van der Waals surface area contributed by atoms with Crippen LogP contribution >= 0.6 is 46.6 Å². The first-order valence-corrected chi connectivity index (χ1v) is 10.7. The number of benzene rings is 2. The Morgan fingerprint density at radius 1 is 1.14 bits per heavy atom. The van der Waals surface area contributed by atoms with Crippen LogP contribution in [0.4, 0.5) is 0 Å². The second kappa shape index (κ2) is 10.1. The molecule has 1 heterocycles. The van der Waals surface area contributed by atoms with Gasteiger partial charge in [-0.3, -0.25) is 4.79 Å². The van der Waals surface area contributed by atoms with E-state index in [2.05, 4.69) is 20.7 Å². The van der Waals surface area contributed by atoms with Crippen molar-refractivity contribution in [2.75, 3.05) is 5.75 Å². The van der Waals surface area contributed by atoms with Crippen LogP contribution in [0, 0.1) is 0 Å². The minimum atomic E-state index is -0.284. The molecule has 0 fully saturated rings. The summed E-state index contributed by atoms with van der Waals surface area (Å²) in [7, 11) is 0. The molecule has 0 saturated heterocycles. The number of aromatic nitrogens is 3. The van der Waals surface area contributed by atoms with Crippen molar-refractivity contribution in [3.05, 3.63) is 63.1 Å². The molecule has 29 heavy (non-hydrogen) atoms. The van der Waals surface area contributed by atoms with Crippen LogP contribution in [0.25, 0.3) is 11.4 Å². The molecule has 0 aliphatic heterocycles. The van der Waals surface area contributed by atoms with Crippen molar-refractivity contribution in [2.24, 2.45) is 5.10 Å². The smallest absolute Gasteiger partial charge is 0.250 e. The number of nitrogens with zero attached hydrogens (tertiary/aromatic N) is 4. The lowest BCUT2D eigenvalue weighted by Crippen LogP contribution is -2.20. The fraction of sp³-hybridized carbons (Fsp3) is 0.158. The first-order valence-electron chi connectivity index (χ1n) is 8.57. The number of hydrogen-bond donors (Lipinski definition) is 1. The van der Waals surface area contributed by atoms with Crippen LogP contribution in [0.2, 0.25) is 15.1 Å². The highest BCUT2D eigenvalue weighted by Crippen LogP contribution is 2.25. The number of halogens is 3. The highest BCUT2D eigenvalue weighted by Gasteiger charge is 2.14. The first kappa shape index (κ1) is 21.6. The second-order valence-electron chi connectivity index (χ2n) is 5.77. The second-order valence-corrected chi connectivity index (χ2v) is 7.97. The molecule has 0 radical (unpaired) electrons. The highest BCUT2D eigenvalue weighted by atomic mass is 35.5. The van der Waals surface area contributed by atoms with E-state index in [1.54, 1.807) is 30.3 Å². The monoisotopic (exact) mass is 467 g/mol. The van der Waals surface area contributed by atoms with E-state index in [4.69, 9.17) is 34.8 Å². The number of nitrogens with one attached hydrogen (secondary N) is 1. The van der Waals surface area contributed by atoms with Gasteiger partial charge in [-0.15, -0.1) is 10.2 Å². The molecule has 3 aromatic rings. The average Bonchev–Trinajstić information content (AvgIpc) is 3.12. The number of hydrazone groups is 1. The Balaban J connectivity index is 1.62. The van der Waals surface area contributed by atoms with Gasteiger partial charge in [0.15, 0.2) is 11.0 Å². The van der Waals surface area contributed by atoms with Gasteiger partial charge in [0.05, 0.1) is 22.0 Å². The van der Waals surface area contributed by atoms with Crippen molar-refractivity contribution in [1.29, 1.82) is 0 Å². The van der Waals surface area contributed by atoms with Crippen LogP contribution in [-0.4, -0.2) is 32.6 Å². The number of hydrogen-bond acceptors (Lipinski definition) is 5. The van der Waals surface area contributed by atoms with Crippen molar-refractivity contribution in [2.45, 2.75) is 18.6 Å². The number of carbonyl (C=O) groups is 1. The Morgan fingerprint density at radius 3 is 2.48 bits per heavy atom. The van der Waals surface area contributed by atoms with Gasteiger partial charge in [0.1, 0.15) is 0 Å². The summed E-state index contributed by atoms with van der Waals surface area (Å²) >= 11 is 19.3. The zero-order valence-corrected chi connectivity index (χ0v) is 18.4. The lowest BCUT2D eigenvalue weighted by Gasteiger charge is -2.07. The van der Waals surface area contributed by atoms with Crippen LogP contribution in [0.5, 0.6) is 0 Å². The van der Waals surface area contributed by atoms with Crippen LogP contribution in [0.3, 0.4) is 0 Å². The van der Waals surface area contributed by atoms with Crippen molar-refractivity contribution in [1.82, 2.24) is 20.2 Å². The summed E-state index contributed by atoms with van der Waals surface area (Å²) in [4.78, 5) is 12.1. The van der Waals surface area contributed by atoms with Gasteiger partial charge in [-0.25, -0.2) is 5.43 Å². The largest absolute Gasteiger partial charge is 0.302 e. The standard InChI is InChI=1S/C19H16Cl3N5OS/c1-2-27-18(12-6-8-13(20)9-7-12)25-26-19(27)29-11-17(28)24-23-10-14-15(21)4-3-5-16(14)22/h3-10H,2,11H2,1H3,(H,24,28)/b23-10-. The van der Waals surface area contributed by atoms with Crippen molar-refractivity contribution >= 4 is 58.7 Å². The predicted molar refractivity (Wildman–Crippen MR) is 119 cm³/mol. The molecule has 0 aliphatic carbocycles. The van der Waals surface area contributed by atoms with Gasteiger partial charge >= 0.3 is 0 Å². The lowest BCUT2D eigenvalue weighted by molar-refractivity contribution is -0.118. The molecule has 6 nitrogen and oxygen atoms in total. The molecule has 150 valence electrons. The molecule has 0 bridgehead atoms. The summed E-state index contributed by atoms with van der Waals surface area (Å²) in [5.41, 5.74) is 3.91. The summed E-state index contributed by atoms with van der Waals surface area (Å²) in [5.74, 6) is 0.568. The normalized spacial score (nSPS) is 11.2. The Labute approximate surface area is 187 Å². The first-order chi connectivity index (χ1) is 14.0. The summed E-state index contributed by atoms with van der Waals surface area (Å²) < 4.78 is 1.94. The third-order valence-corrected chi connectivity index (χ3v) is 5.73. The maximum absolute atomic E-state index is 12.1. The molecule has 1 N–H and O–H groups in total. The van der Waals surface area contributed by atoms with Crippen LogP contribution in [0.15, 0.2) is 52.7 Å². The minimum Gasteiger partial charge on any atom is -0.302 e. The topological polar surface area (TPSA) is 72.2 Å². The van der Waals surface area contributed by atoms with Crippen molar-refractivity contribution < 1.29 is 4.79 Å². The molecule has 10 heteroatoms. The molecule has 3 rings (SSSR count). The zero-order chi connectivity index (χ0) is 20.8. The number of rotatable bonds is 7. The number of amides is 1. The van der Waals surface area contributed by atoms with Crippen LogP contribution in [0.1, 0.15) is 12.5 Å². The van der Waals surface area contributed by atoms with Gasteiger partial charge in [0, 0.05) is 22.7 Å². The van der Waals surface area contributed by atoms with Gasteiger partial charge in [-0.2, -0.15) is 5.10 Å². The zero-order valence-electron chi connectivity index (χ0n) is 15.3. The quantitative estimate of drug-likeness (QED) is 0.295. The van der Waals surface area contributed by atoms with E-state index in [1.807, 2.05) is 23.6 Å². The van der Waals surface area contributed by atoms with Gasteiger partial charge in [0.25, 0.3) is 5.91 Å². The highest BCUT2D eigenvalue weighted by molar-refractivity contribution is 7.99. The lowest BCUT2D eigenvalue weighted by atomic mass is 10.2. The van der Waals surface area contributed by atoms with Gasteiger partial charge in [-0.1, -0.05) is 52.6 Å². The Kier molecular flexibility index (Phi) is 7.55. The Morgan fingerprint density at radius 2 is 1.83 bits per heavy atom. The molecule has 0 atom stereocenters. The van der Waals surface area contributed by atoms with E-state index < -0.39 is 0 Å². The van der Waals surface area contributed by atoms with Crippen molar-refractivity contribution in [3.8, 4) is 11.4 Å². The van der Waals surface area contributed by atoms with E-state index in [9.17, 15) is 4.79 Å². The SMILES string of the molecule is CCn1c(SCC(=O)N/N=C\c2c(Cl)cccc2Cl)nnc1-c1ccc(Cl)cc1. The molecule has 2 aromatic carbocycles. The molecule has 0 unspecified atom stereocenters. The van der Waals surface area contributed by atoms with Gasteiger partial charge < -0.3 is 4.57 Å². The number of carbonyl (C=O) groups excluding carboxylic acids is 1. The van der Waals surface area contributed by atoms with Gasteiger partial charge in [0.2, 0.25) is 0 Å². The average molecular weight is 469 g/mol. The minimum absolute atomic E-state index is 0.131. The van der Waals surface area contributed by atoms with Crippen LogP contribution in [-0.2, 0) is 11.3 Å². The van der Waals surface area contributed by atoms with E-state index in [1.165, 1.54) is 18.0 Å². The summed E-state index contributed by atoms with van der Waals surface area (Å²) in [5, 5.41) is 14.6. The van der Waals surface area contributed by atoms with E-state index in [0.717, 1.165) is 11.4 Å². The molecule has 1 aromatic heterocycles. The molecule has 0 saturated carbocycles. The molecular weight excluding hydrogens is 453 g/mol. The van der Waals surface area contributed by atoms with Crippen molar-refractivity contribution in [3.63, 3.8) is 0 Å². The molecule has 1 amide bonds. The van der Waals surface area contributed by atoms with Gasteiger partial charge in [-0.05, 0) is 43.3 Å². The predicted octanol–water partition coefficient (Wildman–Crippen LogP) is 5.17. The molecule has 0 spiro atoms. The Bertz CT molecular complexity index is 1020. The summed E-state index contributed by atoms with van der Waals surface area (Å²) in [6.45, 7) is 2.66. The maximum atomic E-state index is 12.1. The summed E-state index contributed by atoms with van der Waals surface area (Å²) in [6, 6.07) is 12.5. The third-order valence-electron chi connectivity index (χ3n) is 3.85. The molecular formula is C19H16Cl3N5OS. The van der Waals surface area contributed by atoms with E-state index in [0.29, 0.717) is 32.3 Å². The Hall–Kier alpha value is -2.06.